The zero-order valence-electron chi connectivity index (χ0n) is 23.6. The average Bonchev–Trinajstić information content (AvgIpc) is 3.04. The molecule has 0 nitrogen and oxygen atoms in total. The summed E-state index contributed by atoms with van der Waals surface area (Å²) < 4.78 is 0. The molecule has 0 aliphatic rings. The molecule has 0 unspecified atom stereocenters. The second-order valence-corrected chi connectivity index (χ2v) is 10.7. The summed E-state index contributed by atoms with van der Waals surface area (Å²) in [4.78, 5) is 0. The van der Waals surface area contributed by atoms with Crippen molar-refractivity contribution in [2.75, 3.05) is 0 Å². The predicted molar refractivity (Wildman–Crippen MR) is 179 cm³/mol. The van der Waals surface area contributed by atoms with Crippen molar-refractivity contribution in [1.29, 1.82) is 0 Å². The lowest BCUT2D eigenvalue weighted by molar-refractivity contribution is 1.28. The molecule has 7 rings (SSSR count). The maximum Gasteiger partial charge on any atom is -0.00203 e. The molecule has 0 heteroatoms. The van der Waals surface area contributed by atoms with Gasteiger partial charge in [-0.15, -0.1) is 0 Å². The Morgan fingerprint density at radius 3 is 1.68 bits per heavy atom. The summed E-state index contributed by atoms with van der Waals surface area (Å²) in [6, 6.07) is 49.0. The summed E-state index contributed by atoms with van der Waals surface area (Å²) in [5.74, 6) is 0. The monoisotopic (exact) mass is 524 g/mol. The van der Waals surface area contributed by atoms with Crippen molar-refractivity contribution in [2.45, 2.75) is 20.3 Å². The topological polar surface area (TPSA) is 0 Å². The fourth-order valence-corrected chi connectivity index (χ4v) is 6.41. The van der Waals surface area contributed by atoms with E-state index in [1.54, 1.807) is 0 Å². The summed E-state index contributed by atoms with van der Waals surface area (Å²) in [5.41, 5.74) is 7.63. The first-order chi connectivity index (χ1) is 20.3. The van der Waals surface area contributed by atoms with Crippen LogP contribution in [0.25, 0.3) is 77.9 Å². The largest absolute Gasteiger partial charge is 0.0798 e. The van der Waals surface area contributed by atoms with Crippen molar-refractivity contribution in [1.82, 2.24) is 0 Å². The van der Waals surface area contributed by atoms with Gasteiger partial charge in [-0.1, -0.05) is 146 Å². The molecular formula is C41H32. The molecule has 0 aromatic heterocycles. The van der Waals surface area contributed by atoms with Crippen LogP contribution in [0.2, 0.25) is 0 Å². The third kappa shape index (κ3) is 4.33. The van der Waals surface area contributed by atoms with Crippen LogP contribution in [0.15, 0.2) is 133 Å². The minimum atomic E-state index is 0.995. The van der Waals surface area contributed by atoms with Crippen LogP contribution in [0.4, 0.5) is 0 Å². The standard InChI is InChI=1S/C41H32/c1-3-12-34-28(4-2)15-11-20-35(34)41-38-18-9-7-16-36(38)40(37-17-8-10-19-39(37)41)31-24-21-30(22-25-31)33-26-23-29-13-5-6-14-32(29)27-33/h4-27H,3H2,1-2H3/b28-4-,34-12+. The molecule has 0 amide bonds. The molecule has 0 saturated heterocycles. The summed E-state index contributed by atoms with van der Waals surface area (Å²) in [5, 5.41) is 10.3. The van der Waals surface area contributed by atoms with Crippen molar-refractivity contribution in [3.8, 4) is 33.4 Å². The average molecular weight is 525 g/mol. The van der Waals surface area contributed by atoms with Crippen LogP contribution in [0, 0.1) is 0 Å². The lowest BCUT2D eigenvalue weighted by Gasteiger charge is -2.18. The van der Waals surface area contributed by atoms with Crippen molar-refractivity contribution >= 4 is 44.5 Å². The van der Waals surface area contributed by atoms with Crippen molar-refractivity contribution in [3.05, 3.63) is 144 Å². The van der Waals surface area contributed by atoms with Crippen LogP contribution >= 0.6 is 0 Å². The van der Waals surface area contributed by atoms with Gasteiger partial charge >= 0.3 is 0 Å². The fourth-order valence-electron chi connectivity index (χ4n) is 6.41. The second kappa shape index (κ2) is 10.6. The lowest BCUT2D eigenvalue weighted by Crippen LogP contribution is -2.26. The summed E-state index contributed by atoms with van der Waals surface area (Å²) in [6.45, 7) is 4.35. The predicted octanol–water partition coefficient (Wildman–Crippen LogP) is 10.1. The number of benzene rings is 7. The first kappa shape index (κ1) is 25.1. The zero-order valence-corrected chi connectivity index (χ0v) is 23.6. The van der Waals surface area contributed by atoms with E-state index in [2.05, 4.69) is 159 Å². The number of rotatable bonds is 4. The molecular weight excluding hydrogens is 492 g/mol. The minimum Gasteiger partial charge on any atom is -0.0798 e. The van der Waals surface area contributed by atoms with E-state index in [4.69, 9.17) is 0 Å². The Kier molecular flexibility index (Phi) is 6.45. The Labute approximate surface area is 241 Å². The van der Waals surface area contributed by atoms with Gasteiger partial charge in [0, 0.05) is 0 Å². The molecule has 0 saturated carbocycles. The van der Waals surface area contributed by atoms with Gasteiger partial charge in [0.25, 0.3) is 0 Å². The quantitative estimate of drug-likeness (QED) is 0.201. The number of hydrogen-bond acceptors (Lipinski definition) is 0. The van der Waals surface area contributed by atoms with Crippen LogP contribution in [-0.2, 0) is 0 Å². The van der Waals surface area contributed by atoms with Crippen LogP contribution < -0.4 is 10.4 Å². The van der Waals surface area contributed by atoms with E-state index < -0.39 is 0 Å². The van der Waals surface area contributed by atoms with E-state index >= 15 is 0 Å². The van der Waals surface area contributed by atoms with Crippen LogP contribution in [0.3, 0.4) is 0 Å². The van der Waals surface area contributed by atoms with Gasteiger partial charge < -0.3 is 0 Å². The Bertz CT molecular complexity index is 2120. The highest BCUT2D eigenvalue weighted by Crippen LogP contribution is 2.43. The second-order valence-electron chi connectivity index (χ2n) is 10.7. The van der Waals surface area contributed by atoms with Gasteiger partial charge in [-0.2, -0.15) is 0 Å². The maximum absolute atomic E-state index is 2.37. The Balaban J connectivity index is 1.48. The van der Waals surface area contributed by atoms with E-state index in [0.29, 0.717) is 0 Å². The normalized spacial score (nSPS) is 12.5. The molecule has 7 aromatic carbocycles. The molecule has 0 N–H and O–H groups in total. The summed E-state index contributed by atoms with van der Waals surface area (Å²) in [7, 11) is 0. The first-order valence-corrected chi connectivity index (χ1v) is 14.6. The maximum atomic E-state index is 2.37. The van der Waals surface area contributed by atoms with E-state index in [0.717, 1.165) is 6.42 Å². The molecule has 41 heavy (non-hydrogen) atoms. The van der Waals surface area contributed by atoms with Gasteiger partial charge in [0.1, 0.15) is 0 Å². The Morgan fingerprint density at radius 2 is 1.05 bits per heavy atom. The van der Waals surface area contributed by atoms with Gasteiger partial charge in [-0.05, 0) is 95.5 Å². The molecule has 0 atom stereocenters. The lowest BCUT2D eigenvalue weighted by atomic mass is 9.85. The number of hydrogen-bond donors (Lipinski definition) is 0. The summed E-state index contributed by atoms with van der Waals surface area (Å²) >= 11 is 0. The van der Waals surface area contributed by atoms with E-state index in [9.17, 15) is 0 Å². The zero-order chi connectivity index (χ0) is 27.8. The molecule has 0 heterocycles. The van der Waals surface area contributed by atoms with E-state index in [1.807, 2.05) is 0 Å². The van der Waals surface area contributed by atoms with E-state index in [-0.39, 0.29) is 0 Å². The molecule has 0 bridgehead atoms. The Hall–Kier alpha value is -4.94. The minimum absolute atomic E-state index is 0.995. The van der Waals surface area contributed by atoms with Crippen LogP contribution in [0.1, 0.15) is 20.3 Å². The molecule has 0 aliphatic carbocycles. The number of fused-ring (bicyclic) bond motifs is 3. The highest BCUT2D eigenvalue weighted by Gasteiger charge is 2.17. The molecule has 196 valence electrons. The van der Waals surface area contributed by atoms with E-state index in [1.165, 1.54) is 76.1 Å². The fraction of sp³-hybridized carbons (Fsp3) is 0.0732. The van der Waals surface area contributed by atoms with Crippen molar-refractivity contribution < 1.29 is 0 Å². The smallest absolute Gasteiger partial charge is 0.00203 e. The first-order valence-electron chi connectivity index (χ1n) is 14.6. The highest BCUT2D eigenvalue weighted by molar-refractivity contribution is 6.21. The van der Waals surface area contributed by atoms with Gasteiger partial charge in [0.05, 0.1) is 0 Å². The molecule has 0 aliphatic heterocycles. The van der Waals surface area contributed by atoms with Gasteiger partial charge in [-0.25, -0.2) is 0 Å². The van der Waals surface area contributed by atoms with Gasteiger partial charge in [0.2, 0.25) is 0 Å². The van der Waals surface area contributed by atoms with Crippen LogP contribution in [-0.4, -0.2) is 0 Å². The molecule has 0 fully saturated rings. The van der Waals surface area contributed by atoms with Gasteiger partial charge in [0.15, 0.2) is 0 Å². The molecule has 0 spiro atoms. The third-order valence-corrected chi connectivity index (χ3v) is 8.32. The van der Waals surface area contributed by atoms with Gasteiger partial charge in [-0.3, -0.25) is 0 Å². The molecule has 7 aromatic rings. The van der Waals surface area contributed by atoms with Crippen molar-refractivity contribution in [3.63, 3.8) is 0 Å². The Morgan fingerprint density at radius 1 is 0.488 bits per heavy atom. The summed E-state index contributed by atoms with van der Waals surface area (Å²) in [6.07, 6.45) is 5.59. The molecule has 0 radical (unpaired) electrons. The third-order valence-electron chi connectivity index (χ3n) is 8.32. The van der Waals surface area contributed by atoms with Crippen LogP contribution in [0.5, 0.6) is 0 Å². The van der Waals surface area contributed by atoms with Crippen molar-refractivity contribution in [2.24, 2.45) is 0 Å². The highest BCUT2D eigenvalue weighted by atomic mass is 14.2. The SMILES string of the molecule is C/C=c1/cccc(-c2c3ccccc3c(-c3ccc(-c4ccc5ccccc5c4)cc3)c3ccccc23)/c1=C/CC.